The summed E-state index contributed by atoms with van der Waals surface area (Å²) in [7, 11) is 0. The van der Waals surface area contributed by atoms with Gasteiger partial charge in [0.1, 0.15) is 0 Å². The van der Waals surface area contributed by atoms with E-state index in [0.29, 0.717) is 0 Å². The summed E-state index contributed by atoms with van der Waals surface area (Å²) >= 11 is -1.16. The van der Waals surface area contributed by atoms with E-state index in [1.165, 1.54) is 4.93 Å². The van der Waals surface area contributed by atoms with E-state index >= 15 is 0 Å². The molecule has 0 aromatic carbocycles. The van der Waals surface area contributed by atoms with Gasteiger partial charge in [0.25, 0.3) is 0 Å². The molecule has 0 unspecified atom stereocenters. The molecule has 2 nitrogen and oxygen atoms in total. The van der Waals surface area contributed by atoms with E-state index in [-0.39, 0.29) is 0 Å². The van der Waals surface area contributed by atoms with Crippen LogP contribution >= 0.6 is 0 Å². The SMILES string of the molecule is N#[C][Al]=[O]. The molecule has 3 heteroatoms. The molecule has 0 rings (SSSR count). The van der Waals surface area contributed by atoms with Crippen molar-refractivity contribution in [3.05, 3.63) is 0 Å². The number of rotatable bonds is 0. The van der Waals surface area contributed by atoms with Gasteiger partial charge in [0.2, 0.25) is 0 Å². The zero-order chi connectivity index (χ0) is 3.41. The molecule has 0 aromatic heterocycles. The van der Waals surface area contributed by atoms with Gasteiger partial charge in [-0.15, -0.1) is 0 Å². The predicted molar refractivity (Wildman–Crippen MR) is 12.1 cm³/mol. The molecule has 18 valence electrons. The fraction of sp³-hybridized carbons (Fsp3) is 0. The fourth-order valence-electron chi connectivity index (χ4n) is 0. The summed E-state index contributed by atoms with van der Waals surface area (Å²) in [5.74, 6) is 0. The molecule has 0 radical (unpaired) electrons. The van der Waals surface area contributed by atoms with Gasteiger partial charge in [-0.3, -0.25) is 0 Å². The van der Waals surface area contributed by atoms with E-state index in [1.807, 2.05) is 0 Å². The van der Waals surface area contributed by atoms with Gasteiger partial charge in [0.15, 0.2) is 0 Å². The topological polar surface area (TPSA) is 40.9 Å². The number of hydrogen-bond donors (Lipinski definition) is 0. The van der Waals surface area contributed by atoms with Crippen molar-refractivity contribution in [2.75, 3.05) is 0 Å². The van der Waals surface area contributed by atoms with Gasteiger partial charge < -0.3 is 0 Å². The summed E-state index contributed by atoms with van der Waals surface area (Å²) in [5.41, 5.74) is 0. The van der Waals surface area contributed by atoms with Crippen LogP contribution in [0.2, 0.25) is 0 Å². The summed E-state index contributed by atoms with van der Waals surface area (Å²) in [6, 6.07) is 0. The van der Waals surface area contributed by atoms with E-state index in [0.717, 1.165) is 0 Å². The summed E-state index contributed by atoms with van der Waals surface area (Å²) in [5, 5.41) is 7.35. The van der Waals surface area contributed by atoms with Gasteiger partial charge >= 0.3 is 29.2 Å². The Kier molecular flexibility index (Phi) is 2.70. The van der Waals surface area contributed by atoms with Crippen LogP contribution in [0.25, 0.3) is 0 Å². The number of nitriles is 1. The van der Waals surface area contributed by atoms with Crippen LogP contribution in [0.15, 0.2) is 0 Å². The second kappa shape index (κ2) is 2.82. The molecule has 0 heterocycles. The van der Waals surface area contributed by atoms with Crippen molar-refractivity contribution in [3.8, 4) is 4.93 Å². The molecule has 0 aromatic rings. The Morgan fingerprint density at radius 1 is 2.00 bits per heavy atom. The summed E-state index contributed by atoms with van der Waals surface area (Å²) in [6.45, 7) is 0. The second-order valence-electron chi connectivity index (χ2n) is 0.247. The van der Waals surface area contributed by atoms with Crippen LogP contribution in [0.1, 0.15) is 0 Å². The first-order valence-corrected chi connectivity index (χ1v) is 1.80. The molecule has 0 fully saturated rings. The molecule has 0 N–H and O–H groups in total. The third-order valence-corrected chi connectivity index (χ3v) is 0.158. The molecule has 4 heavy (non-hydrogen) atoms. The van der Waals surface area contributed by atoms with Crippen LogP contribution in [0, 0.1) is 10.2 Å². The zero-order valence-corrected chi connectivity index (χ0v) is 3.09. The van der Waals surface area contributed by atoms with E-state index in [4.69, 9.17) is 9.07 Å². The standard InChI is InChI=1S/CN.Al.O/c1-2;;. The molecule has 0 saturated carbocycles. The number of nitrogens with zero attached hydrogens (tertiary/aromatic N) is 1. The number of hydrogen-bond acceptors (Lipinski definition) is 2. The Labute approximate surface area is 30.0 Å². The van der Waals surface area contributed by atoms with Crippen molar-refractivity contribution in [2.45, 2.75) is 0 Å². The molecule has 0 amide bonds. The second-order valence-corrected chi connectivity index (χ2v) is 0.741. The predicted octanol–water partition coefficient (Wildman–Crippen LogP) is -0.483. The van der Waals surface area contributed by atoms with Gasteiger partial charge in [-0.25, -0.2) is 0 Å². The van der Waals surface area contributed by atoms with E-state index in [2.05, 4.69) is 0 Å². The molecule has 0 aliphatic rings. The van der Waals surface area contributed by atoms with Crippen LogP contribution in [0.4, 0.5) is 0 Å². The minimum atomic E-state index is -1.16. The first kappa shape index (κ1) is 3.82. The van der Waals surface area contributed by atoms with Crippen molar-refractivity contribution >= 4 is 15.2 Å². The first-order valence-electron chi connectivity index (χ1n) is 0.748. The van der Waals surface area contributed by atoms with Crippen molar-refractivity contribution in [3.63, 3.8) is 0 Å². The van der Waals surface area contributed by atoms with Crippen LogP contribution < -0.4 is 0 Å². The Morgan fingerprint density at radius 3 is 2.25 bits per heavy atom. The van der Waals surface area contributed by atoms with Gasteiger partial charge in [-0.1, -0.05) is 0 Å². The molecule has 0 aliphatic heterocycles. The van der Waals surface area contributed by atoms with E-state index < -0.39 is 15.2 Å². The van der Waals surface area contributed by atoms with Crippen LogP contribution in [0.5, 0.6) is 0 Å². The van der Waals surface area contributed by atoms with Crippen LogP contribution in [0.3, 0.4) is 0 Å². The van der Waals surface area contributed by atoms with Crippen LogP contribution in [-0.4, -0.2) is 15.2 Å². The molecule has 0 aliphatic carbocycles. The molecule has 0 saturated heterocycles. The zero-order valence-electron chi connectivity index (χ0n) is 1.93. The quantitative estimate of drug-likeness (QED) is 0.360. The molecule has 0 spiro atoms. The third-order valence-electron chi connectivity index (χ3n) is 0.0527. The Bertz CT molecular complexity index is 53.5. The van der Waals surface area contributed by atoms with Gasteiger partial charge in [-0.2, -0.15) is 0 Å². The van der Waals surface area contributed by atoms with E-state index in [9.17, 15) is 0 Å². The first-order chi connectivity index (χ1) is 1.91. The average Bonchev–Trinajstić information content (AvgIpc) is 1.37. The maximum absolute atomic E-state index is 9.02. The molecular weight excluding hydrogens is 69.0 g/mol. The monoisotopic (exact) mass is 69.0 g/mol. The van der Waals surface area contributed by atoms with Crippen molar-refractivity contribution in [1.82, 2.24) is 0 Å². The Morgan fingerprint density at radius 2 is 2.25 bits per heavy atom. The van der Waals surface area contributed by atoms with Crippen molar-refractivity contribution in [1.29, 1.82) is 5.26 Å². The molecule has 0 bridgehead atoms. The van der Waals surface area contributed by atoms with Gasteiger partial charge in [0, 0.05) is 0 Å². The average molecular weight is 69.0 g/mol. The Hall–Kier alpha value is -0.178. The molecule has 0 atom stereocenters. The van der Waals surface area contributed by atoms with Crippen molar-refractivity contribution in [2.24, 2.45) is 0 Å². The fourth-order valence-corrected chi connectivity index (χ4v) is 0. The summed E-state index contributed by atoms with van der Waals surface area (Å²) in [4.78, 5) is 1.46. The summed E-state index contributed by atoms with van der Waals surface area (Å²) < 4.78 is 9.02. The maximum atomic E-state index is 9.02. The minimum absolute atomic E-state index is 1.16. The van der Waals surface area contributed by atoms with E-state index in [1.54, 1.807) is 0 Å². The summed E-state index contributed by atoms with van der Waals surface area (Å²) in [6.07, 6.45) is 0. The normalized spacial score (nSPS) is 2.75. The van der Waals surface area contributed by atoms with Crippen molar-refractivity contribution < 1.29 is 3.80 Å². The Balaban J connectivity index is 2.92. The third kappa shape index (κ3) is 1.82. The molecular formula is CAlNO. The van der Waals surface area contributed by atoms with Crippen LogP contribution in [-0.2, 0) is 3.80 Å². The van der Waals surface area contributed by atoms with Gasteiger partial charge in [0.05, 0.1) is 0 Å². The van der Waals surface area contributed by atoms with Gasteiger partial charge in [-0.05, 0) is 0 Å².